The molecule has 0 bridgehead atoms. The summed E-state index contributed by atoms with van der Waals surface area (Å²) in [6.07, 6.45) is 1.46. The Morgan fingerprint density at radius 1 is 1.11 bits per heavy atom. The van der Waals surface area contributed by atoms with Crippen molar-refractivity contribution in [3.05, 3.63) is 60.2 Å². The molecule has 1 atom stereocenters. The van der Waals surface area contributed by atoms with Crippen LogP contribution in [0.4, 0.5) is 5.69 Å². The lowest BCUT2D eigenvalue weighted by Gasteiger charge is -2.30. The van der Waals surface area contributed by atoms with E-state index in [2.05, 4.69) is 5.32 Å². The van der Waals surface area contributed by atoms with Crippen molar-refractivity contribution in [3.8, 4) is 5.75 Å². The van der Waals surface area contributed by atoms with Gasteiger partial charge in [-0.2, -0.15) is 0 Å². The zero-order chi connectivity index (χ0) is 19.9. The molecule has 0 fully saturated rings. The van der Waals surface area contributed by atoms with Crippen LogP contribution in [0.5, 0.6) is 5.75 Å². The fourth-order valence-electron chi connectivity index (χ4n) is 2.81. The predicted octanol–water partition coefficient (Wildman–Crippen LogP) is 2.73. The lowest BCUT2D eigenvalue weighted by Crippen LogP contribution is -2.49. The molecule has 0 aliphatic carbocycles. The summed E-state index contributed by atoms with van der Waals surface area (Å²) < 4.78 is 31.5. The summed E-state index contributed by atoms with van der Waals surface area (Å²) in [5.41, 5.74) is 1.49. The third kappa shape index (κ3) is 5.72. The van der Waals surface area contributed by atoms with E-state index in [1.165, 1.54) is 4.31 Å². The maximum Gasteiger partial charge on any atom is 0.244 e. The number of carbonyl (C=O) groups excluding carboxylic acids is 1. The fourth-order valence-corrected chi connectivity index (χ4v) is 4.02. The first kappa shape index (κ1) is 20.8. The van der Waals surface area contributed by atoms with Gasteiger partial charge in [0.2, 0.25) is 15.9 Å². The van der Waals surface area contributed by atoms with E-state index in [0.717, 1.165) is 17.6 Å². The van der Waals surface area contributed by atoms with Gasteiger partial charge in [0.15, 0.2) is 0 Å². The smallest absolute Gasteiger partial charge is 0.244 e. The summed E-state index contributed by atoms with van der Waals surface area (Å²) in [6, 6.07) is 15.5. The highest BCUT2D eigenvalue weighted by atomic mass is 32.2. The van der Waals surface area contributed by atoms with E-state index in [9.17, 15) is 13.2 Å². The van der Waals surface area contributed by atoms with Crippen molar-refractivity contribution >= 4 is 21.6 Å². The maximum atomic E-state index is 12.6. The molecule has 0 saturated heterocycles. The van der Waals surface area contributed by atoms with Crippen LogP contribution < -0.4 is 14.4 Å². The number of aryl methyl sites for hydroxylation is 1. The van der Waals surface area contributed by atoms with Crippen molar-refractivity contribution < 1.29 is 17.9 Å². The number of rotatable bonds is 9. The molecule has 0 unspecified atom stereocenters. The first-order chi connectivity index (χ1) is 12.8. The van der Waals surface area contributed by atoms with Crippen LogP contribution in [-0.4, -0.2) is 39.8 Å². The second-order valence-electron chi connectivity index (χ2n) is 6.22. The van der Waals surface area contributed by atoms with Crippen molar-refractivity contribution in [1.82, 2.24) is 5.32 Å². The molecule has 0 saturated carbocycles. The van der Waals surface area contributed by atoms with Crippen molar-refractivity contribution in [3.63, 3.8) is 0 Å². The number of nitrogens with one attached hydrogen (secondary N) is 1. The first-order valence-corrected chi connectivity index (χ1v) is 10.7. The first-order valence-electron chi connectivity index (χ1n) is 8.85. The average Bonchev–Trinajstić information content (AvgIpc) is 2.64. The van der Waals surface area contributed by atoms with E-state index in [1.807, 2.05) is 31.2 Å². The topological polar surface area (TPSA) is 75.7 Å². The summed E-state index contributed by atoms with van der Waals surface area (Å²) in [4.78, 5) is 12.6. The Hall–Kier alpha value is -2.54. The molecule has 2 aromatic carbocycles. The molecular formula is C20H26N2O4S. The Morgan fingerprint density at radius 2 is 1.74 bits per heavy atom. The number of anilines is 1. The molecule has 0 aromatic heterocycles. The summed E-state index contributed by atoms with van der Waals surface area (Å²) in [5.74, 6) is 0.418. The normalized spacial score (nSPS) is 12.3. The van der Waals surface area contributed by atoms with Crippen molar-refractivity contribution in [2.75, 3.05) is 23.7 Å². The van der Waals surface area contributed by atoms with Gasteiger partial charge in [0, 0.05) is 0 Å². The number of carbonyl (C=O) groups is 1. The van der Waals surface area contributed by atoms with Gasteiger partial charge in [-0.3, -0.25) is 9.10 Å². The van der Waals surface area contributed by atoms with Crippen molar-refractivity contribution in [1.29, 1.82) is 0 Å². The lowest BCUT2D eigenvalue weighted by molar-refractivity contribution is -0.122. The average molecular weight is 391 g/mol. The number of ether oxygens (including phenoxy) is 1. The van der Waals surface area contributed by atoms with E-state index in [4.69, 9.17) is 4.74 Å². The zero-order valence-electron chi connectivity index (χ0n) is 15.9. The van der Waals surface area contributed by atoms with Gasteiger partial charge in [0.25, 0.3) is 0 Å². The number of benzene rings is 2. The van der Waals surface area contributed by atoms with E-state index < -0.39 is 16.1 Å². The third-order valence-electron chi connectivity index (χ3n) is 4.09. The molecule has 1 amide bonds. The fraction of sp³-hybridized carbons (Fsp3) is 0.350. The summed E-state index contributed by atoms with van der Waals surface area (Å²) in [5, 5.41) is 2.78. The molecule has 0 aliphatic heterocycles. The molecule has 2 rings (SSSR count). The van der Waals surface area contributed by atoms with E-state index in [0.29, 0.717) is 18.7 Å². The van der Waals surface area contributed by atoms with Crippen molar-refractivity contribution in [2.24, 2.45) is 0 Å². The van der Waals surface area contributed by atoms with Crippen LogP contribution in [-0.2, 0) is 14.8 Å². The Bertz CT molecular complexity index is 853. The van der Waals surface area contributed by atoms with Crippen LogP contribution in [0.15, 0.2) is 54.6 Å². The highest BCUT2D eigenvalue weighted by Gasteiger charge is 2.31. The van der Waals surface area contributed by atoms with E-state index in [-0.39, 0.29) is 12.5 Å². The number of hydrogen-bond donors (Lipinski definition) is 1. The highest BCUT2D eigenvalue weighted by Crippen LogP contribution is 2.22. The number of amides is 1. The molecule has 0 aliphatic rings. The molecular weight excluding hydrogens is 364 g/mol. The van der Waals surface area contributed by atoms with Gasteiger partial charge < -0.3 is 10.1 Å². The van der Waals surface area contributed by atoms with Crippen LogP contribution >= 0.6 is 0 Å². The van der Waals surface area contributed by atoms with Crippen LogP contribution in [0.2, 0.25) is 0 Å². The molecule has 27 heavy (non-hydrogen) atoms. The molecule has 2 aromatic rings. The molecule has 6 nitrogen and oxygen atoms in total. The maximum absolute atomic E-state index is 12.6. The standard InChI is InChI=1S/C20H26N2O4S/c1-4-18(22(27(3,24)25)17-11-6-5-7-12-17)20(23)21-14-15-26-19-13-9-8-10-16(19)2/h5-13,18H,4,14-15H2,1-3H3,(H,21,23)/t18-/m0/s1. The summed E-state index contributed by atoms with van der Waals surface area (Å²) in [7, 11) is -3.61. The molecule has 0 heterocycles. The largest absolute Gasteiger partial charge is 0.491 e. The molecule has 0 spiro atoms. The minimum Gasteiger partial charge on any atom is -0.491 e. The molecule has 0 radical (unpaired) electrons. The monoisotopic (exact) mass is 390 g/mol. The van der Waals surface area contributed by atoms with E-state index >= 15 is 0 Å². The summed E-state index contributed by atoms with van der Waals surface area (Å²) in [6.45, 7) is 4.33. The Kier molecular flexibility index (Phi) is 7.24. The van der Waals surface area contributed by atoms with Crippen LogP contribution in [0.3, 0.4) is 0 Å². The van der Waals surface area contributed by atoms with E-state index in [1.54, 1.807) is 37.3 Å². The Balaban J connectivity index is 2.02. The SMILES string of the molecule is CC[C@@H](C(=O)NCCOc1ccccc1C)N(c1ccccc1)S(C)(=O)=O. The molecule has 1 N–H and O–H groups in total. The Labute approximate surface area is 161 Å². The third-order valence-corrected chi connectivity index (χ3v) is 5.27. The molecule has 146 valence electrons. The number of sulfonamides is 1. The summed E-state index contributed by atoms with van der Waals surface area (Å²) >= 11 is 0. The van der Waals surface area contributed by atoms with Crippen molar-refractivity contribution in [2.45, 2.75) is 26.3 Å². The zero-order valence-corrected chi connectivity index (χ0v) is 16.7. The van der Waals surface area contributed by atoms with Gasteiger partial charge in [-0.25, -0.2) is 8.42 Å². The number of nitrogens with zero attached hydrogens (tertiary/aromatic N) is 1. The second-order valence-corrected chi connectivity index (χ2v) is 8.08. The van der Waals surface area contributed by atoms with Crippen LogP contribution in [0, 0.1) is 6.92 Å². The predicted molar refractivity (Wildman–Crippen MR) is 108 cm³/mol. The van der Waals surface area contributed by atoms with Gasteiger partial charge in [-0.1, -0.05) is 43.3 Å². The Morgan fingerprint density at radius 3 is 2.33 bits per heavy atom. The van der Waals surface area contributed by atoms with Gasteiger partial charge >= 0.3 is 0 Å². The van der Waals surface area contributed by atoms with Gasteiger partial charge in [0.05, 0.1) is 18.5 Å². The van der Waals surface area contributed by atoms with Gasteiger partial charge in [-0.15, -0.1) is 0 Å². The van der Waals surface area contributed by atoms with Crippen LogP contribution in [0.1, 0.15) is 18.9 Å². The minimum atomic E-state index is -3.61. The van der Waals surface area contributed by atoms with Gasteiger partial charge in [-0.05, 0) is 37.1 Å². The number of hydrogen-bond acceptors (Lipinski definition) is 4. The highest BCUT2D eigenvalue weighted by molar-refractivity contribution is 7.92. The number of para-hydroxylation sites is 2. The molecule has 7 heteroatoms. The lowest BCUT2D eigenvalue weighted by atomic mass is 10.2. The quantitative estimate of drug-likeness (QED) is 0.668. The van der Waals surface area contributed by atoms with Gasteiger partial charge in [0.1, 0.15) is 18.4 Å². The minimum absolute atomic E-state index is 0.288. The van der Waals surface area contributed by atoms with Crippen LogP contribution in [0.25, 0.3) is 0 Å². The second kappa shape index (κ2) is 9.41.